The fourth-order valence-corrected chi connectivity index (χ4v) is 5.19. The van der Waals surface area contributed by atoms with Crippen molar-refractivity contribution in [3.8, 4) is 5.75 Å². The van der Waals surface area contributed by atoms with Crippen molar-refractivity contribution in [3.05, 3.63) is 57.0 Å². The van der Waals surface area contributed by atoms with E-state index < -0.39 is 67.3 Å². The molecule has 3 N–H and O–H groups in total. The standard InChI is InChI=1S/C26H31F3N4O7S/c1-8-39-25(36)22-20(30-16-10-9-15(26(27,28)29)18(21(16)34)24(35)33(6)7)23(32-41(22,37)38)31-19(12(2)3)17-11-13(4)14(5)40-17/h9-12,19,30,34H,8H2,1-7H3,(H,31,32)/t19-/m1/s1. The SMILES string of the molecule is CCOC(=O)C1=C(Nc2ccc(C(F)(F)F)c(C(=O)N(C)C)c2O)C(N[C@@H](c2cc(C)c(C)o2)C(C)C)=NS1(=O)=O. The summed E-state index contributed by atoms with van der Waals surface area (Å²) >= 11 is 0. The van der Waals surface area contributed by atoms with Gasteiger partial charge in [0.05, 0.1) is 29.5 Å². The number of esters is 1. The summed E-state index contributed by atoms with van der Waals surface area (Å²) in [5, 5.41) is 16.3. The number of benzene rings is 1. The number of hydrogen-bond donors (Lipinski definition) is 3. The van der Waals surface area contributed by atoms with Crippen molar-refractivity contribution in [2.24, 2.45) is 10.3 Å². The van der Waals surface area contributed by atoms with Crippen LogP contribution in [-0.2, 0) is 25.7 Å². The Morgan fingerprint density at radius 3 is 2.32 bits per heavy atom. The molecule has 15 heteroatoms. The molecule has 1 aromatic carbocycles. The first-order valence-electron chi connectivity index (χ1n) is 12.4. The number of nitrogens with zero attached hydrogens (tertiary/aromatic N) is 2. The number of carbonyl (C=O) groups excluding carboxylic acids is 2. The predicted molar refractivity (Wildman–Crippen MR) is 144 cm³/mol. The normalized spacial score (nSPS) is 15.5. The second-order valence-corrected chi connectivity index (χ2v) is 11.3. The van der Waals surface area contributed by atoms with Crippen molar-refractivity contribution >= 4 is 33.4 Å². The maximum Gasteiger partial charge on any atom is 0.417 e. The summed E-state index contributed by atoms with van der Waals surface area (Å²) in [6.07, 6.45) is -5.00. The maximum absolute atomic E-state index is 13.7. The number of furan rings is 1. The van der Waals surface area contributed by atoms with Crippen molar-refractivity contribution in [1.29, 1.82) is 0 Å². The minimum absolute atomic E-state index is 0.194. The van der Waals surface area contributed by atoms with Crippen LogP contribution in [0.4, 0.5) is 18.9 Å². The fourth-order valence-electron chi connectivity index (χ4n) is 4.04. The van der Waals surface area contributed by atoms with Gasteiger partial charge in [-0.15, -0.1) is 4.40 Å². The van der Waals surface area contributed by atoms with Crippen LogP contribution in [0.3, 0.4) is 0 Å². The maximum atomic E-state index is 13.7. The van der Waals surface area contributed by atoms with Gasteiger partial charge < -0.3 is 29.8 Å². The van der Waals surface area contributed by atoms with Crippen molar-refractivity contribution in [2.45, 2.75) is 46.8 Å². The number of amides is 1. The molecular formula is C26H31F3N4O7S. The number of aryl methyl sites for hydroxylation is 2. The molecule has 41 heavy (non-hydrogen) atoms. The summed E-state index contributed by atoms with van der Waals surface area (Å²) in [5.41, 5.74) is -2.62. The van der Waals surface area contributed by atoms with E-state index in [9.17, 15) is 36.3 Å². The largest absolute Gasteiger partial charge is 0.505 e. The number of aromatic hydroxyl groups is 1. The molecule has 224 valence electrons. The van der Waals surface area contributed by atoms with E-state index >= 15 is 0 Å². The fraction of sp³-hybridized carbons (Fsp3) is 0.423. The predicted octanol–water partition coefficient (Wildman–Crippen LogP) is 4.24. The number of halogens is 3. The van der Waals surface area contributed by atoms with Gasteiger partial charge in [-0.2, -0.15) is 21.6 Å². The lowest BCUT2D eigenvalue weighted by molar-refractivity contribution is -0.138. The summed E-state index contributed by atoms with van der Waals surface area (Å²) in [7, 11) is -2.27. The minimum atomic E-state index is -5.00. The lowest BCUT2D eigenvalue weighted by Gasteiger charge is -2.23. The molecule has 1 atom stereocenters. The van der Waals surface area contributed by atoms with E-state index in [0.29, 0.717) is 17.6 Å². The van der Waals surface area contributed by atoms with Crippen LogP contribution in [0.15, 0.2) is 37.6 Å². The third kappa shape index (κ3) is 6.34. The van der Waals surface area contributed by atoms with E-state index in [0.717, 1.165) is 16.5 Å². The zero-order chi connectivity index (χ0) is 31.0. The molecule has 0 bridgehead atoms. The number of amidine groups is 1. The van der Waals surface area contributed by atoms with E-state index in [4.69, 9.17) is 9.15 Å². The smallest absolute Gasteiger partial charge is 0.417 e. The number of alkyl halides is 3. The van der Waals surface area contributed by atoms with E-state index in [1.54, 1.807) is 13.0 Å². The van der Waals surface area contributed by atoms with Crippen molar-refractivity contribution in [2.75, 3.05) is 26.0 Å². The van der Waals surface area contributed by atoms with E-state index in [2.05, 4.69) is 15.0 Å². The van der Waals surface area contributed by atoms with Gasteiger partial charge in [-0.1, -0.05) is 13.8 Å². The third-order valence-electron chi connectivity index (χ3n) is 6.21. The molecule has 0 aliphatic carbocycles. The third-order valence-corrected chi connectivity index (χ3v) is 7.52. The van der Waals surface area contributed by atoms with Crippen molar-refractivity contribution < 1.29 is 45.4 Å². The monoisotopic (exact) mass is 600 g/mol. The topological polar surface area (TPSA) is 151 Å². The summed E-state index contributed by atoms with van der Waals surface area (Å²) in [5.74, 6) is -3.07. The number of ether oxygens (including phenoxy) is 1. The van der Waals surface area contributed by atoms with E-state index in [1.165, 1.54) is 21.0 Å². The van der Waals surface area contributed by atoms with Gasteiger partial charge in [0.1, 0.15) is 17.2 Å². The molecule has 0 saturated heterocycles. The molecule has 11 nitrogen and oxygen atoms in total. The molecule has 1 aliphatic rings. The van der Waals surface area contributed by atoms with Crippen molar-refractivity contribution in [1.82, 2.24) is 10.2 Å². The Hall–Kier alpha value is -4.01. The highest BCUT2D eigenvalue weighted by Gasteiger charge is 2.42. The number of carbonyl (C=O) groups is 2. The van der Waals surface area contributed by atoms with Crippen LogP contribution in [0.2, 0.25) is 0 Å². The molecule has 0 unspecified atom stereocenters. The quantitative estimate of drug-likeness (QED) is 0.299. The van der Waals surface area contributed by atoms with Gasteiger partial charge in [-0.05, 0) is 50.5 Å². The zero-order valence-corrected chi connectivity index (χ0v) is 24.2. The average Bonchev–Trinajstić information content (AvgIpc) is 3.30. The van der Waals surface area contributed by atoms with Gasteiger partial charge in [0.15, 0.2) is 11.6 Å². The molecule has 2 heterocycles. The van der Waals surface area contributed by atoms with Gasteiger partial charge >= 0.3 is 12.1 Å². The Morgan fingerprint density at radius 1 is 1.20 bits per heavy atom. The molecule has 0 saturated carbocycles. The Bertz CT molecular complexity index is 1520. The molecule has 0 spiro atoms. The molecule has 2 aromatic rings. The molecule has 0 radical (unpaired) electrons. The second kappa shape index (κ2) is 11.5. The number of sulfonamides is 1. The molecule has 3 rings (SSSR count). The number of rotatable bonds is 8. The zero-order valence-electron chi connectivity index (χ0n) is 23.4. The van der Waals surface area contributed by atoms with Gasteiger partial charge in [0.2, 0.25) is 4.91 Å². The van der Waals surface area contributed by atoms with Crippen molar-refractivity contribution in [3.63, 3.8) is 0 Å². The number of nitrogens with one attached hydrogen (secondary N) is 2. The van der Waals surface area contributed by atoms with Crippen LogP contribution in [0.1, 0.15) is 59.8 Å². The number of hydrogen-bond acceptors (Lipinski definition) is 9. The van der Waals surface area contributed by atoms with Gasteiger partial charge in [-0.3, -0.25) is 4.79 Å². The highest BCUT2D eigenvalue weighted by molar-refractivity contribution is 7.95. The Balaban J connectivity index is 2.22. The number of anilines is 1. The highest BCUT2D eigenvalue weighted by Crippen LogP contribution is 2.41. The van der Waals surface area contributed by atoms with E-state index in [-0.39, 0.29) is 18.4 Å². The molecule has 0 fully saturated rings. The van der Waals surface area contributed by atoms with Gasteiger partial charge in [-0.25, -0.2) is 4.79 Å². The van der Waals surface area contributed by atoms with Crippen LogP contribution in [-0.4, -0.2) is 56.8 Å². The van der Waals surface area contributed by atoms with Crippen LogP contribution in [0, 0.1) is 19.8 Å². The van der Waals surface area contributed by atoms with E-state index in [1.807, 2.05) is 20.8 Å². The summed E-state index contributed by atoms with van der Waals surface area (Å²) < 4.78 is 81.7. The summed E-state index contributed by atoms with van der Waals surface area (Å²) in [6.45, 7) is 8.46. The van der Waals surface area contributed by atoms with Gasteiger partial charge in [0.25, 0.3) is 15.9 Å². The molecule has 1 aliphatic heterocycles. The Morgan fingerprint density at radius 2 is 1.83 bits per heavy atom. The average molecular weight is 601 g/mol. The minimum Gasteiger partial charge on any atom is -0.505 e. The Kier molecular flexibility index (Phi) is 8.81. The molecular weight excluding hydrogens is 569 g/mol. The lowest BCUT2D eigenvalue weighted by Crippen LogP contribution is -2.34. The summed E-state index contributed by atoms with van der Waals surface area (Å²) in [4.78, 5) is 25.4. The lowest BCUT2D eigenvalue weighted by atomic mass is 10.0. The molecule has 1 amide bonds. The number of phenols is 1. The van der Waals surface area contributed by atoms with Gasteiger partial charge in [0, 0.05) is 14.1 Å². The second-order valence-electron chi connectivity index (χ2n) is 9.80. The van der Waals surface area contributed by atoms with Crippen LogP contribution >= 0.6 is 0 Å². The molecule has 1 aromatic heterocycles. The highest BCUT2D eigenvalue weighted by atomic mass is 32.2. The van der Waals surface area contributed by atoms with Crippen LogP contribution in [0.5, 0.6) is 5.75 Å². The van der Waals surface area contributed by atoms with Crippen LogP contribution < -0.4 is 10.6 Å². The first-order valence-corrected chi connectivity index (χ1v) is 13.9. The first kappa shape index (κ1) is 31.5. The number of phenolic OH excluding ortho intramolecular Hbond substituents is 1. The Labute approximate surface area is 235 Å². The van der Waals surface area contributed by atoms with Crippen LogP contribution in [0.25, 0.3) is 0 Å². The first-order chi connectivity index (χ1) is 18.9. The summed E-state index contributed by atoms with van der Waals surface area (Å²) in [6, 6.07) is 2.45.